The predicted molar refractivity (Wildman–Crippen MR) is 363 cm³/mol. The zero-order valence-corrected chi connectivity index (χ0v) is 63.3. The Morgan fingerprint density at radius 1 is 0.313 bits per heavy atom. The summed E-state index contributed by atoms with van der Waals surface area (Å²) in [5.74, 6) is 4.86. The van der Waals surface area contributed by atoms with Crippen molar-refractivity contribution >= 4 is 5.97 Å². The summed E-state index contributed by atoms with van der Waals surface area (Å²) in [6.07, 6.45) is 10.2. The predicted octanol–water partition coefficient (Wildman–Crippen LogP) is 20.9. The third kappa shape index (κ3) is 145. The van der Waals surface area contributed by atoms with E-state index in [1.54, 1.807) is 27.7 Å². The molecule has 514 valence electrons. The lowest BCUT2D eigenvalue weighted by Gasteiger charge is -2.29. The van der Waals surface area contributed by atoms with Crippen molar-refractivity contribution in [3.63, 3.8) is 0 Å². The van der Waals surface area contributed by atoms with Crippen molar-refractivity contribution in [3.8, 4) is 0 Å². The van der Waals surface area contributed by atoms with Crippen LogP contribution in [0.3, 0.4) is 0 Å². The van der Waals surface area contributed by atoms with Gasteiger partial charge in [0.2, 0.25) is 0 Å². The highest BCUT2D eigenvalue weighted by molar-refractivity contribution is 5.71. The van der Waals surface area contributed by atoms with Crippen LogP contribution in [0.5, 0.6) is 0 Å². The quantitative estimate of drug-likeness (QED) is 0.0347. The molecule has 0 amide bonds. The standard InChI is InChI=1S/C9H20O2.C9H20.C8H18O2.C8H16O2.C8H18O.C8H18.2C7H16O2.C7H16O/c1-7(2)10-9(5,6)11-8(3)4;1-8(2)6-5-7-9(3)4;1-7(2)9-5-6-10-8(3)4;1-6(2)5-10-8(9)7(3)4;1-7(2)5-6-9-8(3)4;1-7(2)5-6-8(3)4;2*1-6(2)8-5-9-7(3)4;1-6(2)5-8-7(3)4/h7-8H,1-6H3;8-9H,5-7H2,1-4H3;7-8H,5-6H2,1-4H3;6-7H,5H2,1-4H3;7-8H,5-6H2,1-4H3;7-8H,5-6H2,1-4H3;2*6-7H,5H2,1-4H3;6-7H,5H2,1-4H3/i;;;;;;5D2;;. The van der Waals surface area contributed by atoms with E-state index in [0.29, 0.717) is 62.9 Å². The first-order chi connectivity index (χ1) is 38.5. The molecule has 0 aromatic carbocycles. The summed E-state index contributed by atoms with van der Waals surface area (Å²) in [6.45, 7) is 80.2. The minimum absolute atomic E-state index is 0.00116. The molecule has 0 saturated carbocycles. The second-order valence-electron chi connectivity index (χ2n) is 27.7. The van der Waals surface area contributed by atoms with Crippen LogP contribution in [0.15, 0.2) is 0 Å². The Balaban J connectivity index is -0.000000109. The molecular weight excluding hydrogens is 1040 g/mol. The fourth-order valence-electron chi connectivity index (χ4n) is 5.20. The smallest absolute Gasteiger partial charge is 0.308 e. The summed E-state index contributed by atoms with van der Waals surface area (Å²) in [5.41, 5.74) is 0. The van der Waals surface area contributed by atoms with Crippen molar-refractivity contribution in [1.29, 1.82) is 0 Å². The van der Waals surface area contributed by atoms with Gasteiger partial charge in [0, 0.05) is 13.2 Å². The van der Waals surface area contributed by atoms with E-state index in [9.17, 15) is 4.79 Å². The summed E-state index contributed by atoms with van der Waals surface area (Å²) in [6, 6.07) is 0. The van der Waals surface area contributed by atoms with E-state index >= 15 is 0 Å². The Morgan fingerprint density at radius 2 is 0.590 bits per heavy atom. The van der Waals surface area contributed by atoms with Gasteiger partial charge in [-0.05, 0) is 200 Å². The van der Waals surface area contributed by atoms with Crippen LogP contribution >= 0.6 is 0 Å². The lowest BCUT2D eigenvalue weighted by atomic mass is 10.0. The number of rotatable bonds is 34. The number of hydrogen-bond acceptors (Lipinski definition) is 12. The van der Waals surface area contributed by atoms with Crippen LogP contribution in [0.25, 0.3) is 0 Å². The Labute approximate surface area is 526 Å². The second kappa shape index (κ2) is 70.2. The molecule has 0 saturated heterocycles. The number of hydrogen-bond donors (Lipinski definition) is 0. The van der Waals surface area contributed by atoms with E-state index in [0.717, 1.165) is 42.8 Å². The van der Waals surface area contributed by atoms with E-state index in [1.807, 2.05) is 125 Å². The van der Waals surface area contributed by atoms with Crippen molar-refractivity contribution in [3.05, 3.63) is 0 Å². The zero-order valence-electron chi connectivity index (χ0n) is 65.3. The number of esters is 1. The van der Waals surface area contributed by atoms with E-state index in [2.05, 4.69) is 111 Å². The fourth-order valence-corrected chi connectivity index (χ4v) is 5.20. The minimum Gasteiger partial charge on any atom is -0.465 e. The Bertz CT molecular complexity index is 1100. The molecule has 0 aromatic heterocycles. The van der Waals surface area contributed by atoms with Crippen molar-refractivity contribution in [2.45, 2.75) is 368 Å². The van der Waals surface area contributed by atoms with Gasteiger partial charge in [-0.1, -0.05) is 143 Å². The summed E-state index contributed by atoms with van der Waals surface area (Å²) in [7, 11) is 0. The third-order valence-electron chi connectivity index (χ3n) is 9.22. The van der Waals surface area contributed by atoms with E-state index in [-0.39, 0.29) is 48.5 Å². The zero-order chi connectivity index (χ0) is 69.2. The van der Waals surface area contributed by atoms with E-state index < -0.39 is 12.5 Å². The second-order valence-corrected chi connectivity index (χ2v) is 27.7. The van der Waals surface area contributed by atoms with Gasteiger partial charge in [-0.3, -0.25) is 4.79 Å². The maximum absolute atomic E-state index is 10.8. The molecule has 0 bridgehead atoms. The largest absolute Gasteiger partial charge is 0.465 e. The average Bonchev–Trinajstić information content (AvgIpc) is 3.27. The molecule has 12 nitrogen and oxygen atoms in total. The fraction of sp³-hybridized carbons (Fsp3) is 0.986. The van der Waals surface area contributed by atoms with Gasteiger partial charge in [-0.15, -0.1) is 0 Å². The highest BCUT2D eigenvalue weighted by Crippen LogP contribution is 2.16. The normalized spacial score (nSPS) is 12.0. The van der Waals surface area contributed by atoms with Gasteiger partial charge in [0.15, 0.2) is 5.79 Å². The molecule has 0 aliphatic carbocycles. The molecule has 0 fully saturated rings. The monoisotopic (exact) mass is 1210 g/mol. The Morgan fingerprint density at radius 3 is 0.807 bits per heavy atom. The topological polar surface area (TPSA) is 119 Å². The van der Waals surface area contributed by atoms with Crippen molar-refractivity contribution in [1.82, 2.24) is 0 Å². The first-order valence-electron chi connectivity index (χ1n) is 34.0. The number of ether oxygens (including phenoxy) is 11. The summed E-state index contributed by atoms with van der Waals surface area (Å²) < 4.78 is 71.6. The lowest BCUT2D eigenvalue weighted by Crippen LogP contribution is -2.33. The SMILES string of the molecule is CC(C)CCC(C)C.CC(C)CCCC(C)C.CC(C)CCOC(C)C.CC(C)COC(=O)C(C)C.CC(C)COC(C)C.CC(C)OC(C)(C)OC(C)C.CC(C)OCCOC(C)C.CC(C)OCOC(C)C.[2H]C([2H])(OC(C)C)OC(C)C. The molecular formula is C71H158O12. The molecule has 0 unspecified atom stereocenters. The molecule has 0 spiro atoms. The first kappa shape index (κ1) is 95.7. The summed E-state index contributed by atoms with van der Waals surface area (Å²) >= 11 is 0. The summed E-state index contributed by atoms with van der Waals surface area (Å²) in [4.78, 5) is 10.8. The van der Waals surface area contributed by atoms with Crippen molar-refractivity contribution in [2.24, 2.45) is 47.3 Å². The average molecular weight is 1210 g/mol. The van der Waals surface area contributed by atoms with Crippen LogP contribution in [0.4, 0.5) is 0 Å². The summed E-state index contributed by atoms with van der Waals surface area (Å²) in [5, 5.41) is 0. The Hall–Kier alpha value is -0.930. The van der Waals surface area contributed by atoms with Crippen LogP contribution in [0, 0.1) is 47.3 Å². The maximum atomic E-state index is 10.8. The van der Waals surface area contributed by atoms with Crippen LogP contribution in [0.1, 0.15) is 304 Å². The highest BCUT2D eigenvalue weighted by Gasteiger charge is 2.21. The van der Waals surface area contributed by atoms with Gasteiger partial charge >= 0.3 is 5.97 Å². The van der Waals surface area contributed by atoms with Gasteiger partial charge in [0.05, 0.1) is 89.5 Å². The molecule has 0 N–H and O–H groups in total. The maximum Gasteiger partial charge on any atom is 0.308 e. The van der Waals surface area contributed by atoms with Gasteiger partial charge in [-0.2, -0.15) is 0 Å². The lowest BCUT2D eigenvalue weighted by molar-refractivity contribution is -0.246. The number of carbonyl (C=O) groups excluding carboxylic acids is 1. The van der Waals surface area contributed by atoms with E-state index in [4.69, 9.17) is 54.8 Å². The van der Waals surface area contributed by atoms with Gasteiger partial charge in [0.1, 0.15) is 13.5 Å². The molecule has 83 heavy (non-hydrogen) atoms. The molecule has 0 atom stereocenters. The molecule has 0 aliphatic heterocycles. The molecule has 0 aliphatic rings. The van der Waals surface area contributed by atoms with Crippen LogP contribution < -0.4 is 0 Å². The highest BCUT2D eigenvalue weighted by atomic mass is 16.7. The first-order valence-corrected chi connectivity index (χ1v) is 33.0. The number of carbonyl (C=O) groups is 1. The van der Waals surface area contributed by atoms with Crippen molar-refractivity contribution < 1.29 is 59.6 Å². The van der Waals surface area contributed by atoms with Gasteiger partial charge in [0.25, 0.3) is 0 Å². The Kier molecular flexibility index (Phi) is 80.9. The van der Waals surface area contributed by atoms with Crippen LogP contribution in [0.2, 0.25) is 0 Å². The molecule has 0 radical (unpaired) electrons. The molecule has 0 heterocycles. The van der Waals surface area contributed by atoms with E-state index in [1.165, 1.54) is 38.5 Å². The minimum atomic E-state index is -1.96. The third-order valence-corrected chi connectivity index (χ3v) is 9.22. The molecule has 0 aromatic rings. The molecule has 12 heteroatoms. The van der Waals surface area contributed by atoms with Gasteiger partial charge in [-0.25, -0.2) is 0 Å². The van der Waals surface area contributed by atoms with Gasteiger partial charge < -0.3 is 52.1 Å². The van der Waals surface area contributed by atoms with Crippen molar-refractivity contribution in [2.75, 3.05) is 46.6 Å². The molecule has 0 rings (SSSR count). The van der Waals surface area contributed by atoms with Crippen LogP contribution in [-0.4, -0.2) is 119 Å². The van der Waals surface area contributed by atoms with Crippen LogP contribution in [-0.2, 0) is 56.9 Å².